The molecule has 2 atom stereocenters. The molecule has 0 saturated heterocycles. The molecule has 3 rings (SSSR count). The second kappa shape index (κ2) is 16.4. The van der Waals surface area contributed by atoms with Crippen LogP contribution in [0.1, 0.15) is 83.4 Å². The smallest absolute Gasteiger partial charge is 0.408 e. The Balaban J connectivity index is 2.06. The van der Waals surface area contributed by atoms with Gasteiger partial charge in [-0.15, -0.1) is 0 Å². The molecule has 3 aromatic carbocycles. The number of primary amides is 1. The number of unbranched alkanes of at least 4 members (excludes halogenated alkanes) is 4. The van der Waals surface area contributed by atoms with Crippen molar-refractivity contribution >= 4 is 46.4 Å². The molecule has 240 valence electrons. The van der Waals surface area contributed by atoms with Gasteiger partial charge in [0.25, 0.3) is 5.91 Å². The average molecular weight is 615 g/mol. The topological polar surface area (TPSA) is 131 Å². The number of fused-ring (bicyclic) bond motifs is 1. The Morgan fingerprint density at radius 1 is 0.933 bits per heavy atom. The highest BCUT2D eigenvalue weighted by Gasteiger charge is 2.37. The van der Waals surface area contributed by atoms with Crippen LogP contribution in [0.2, 0.25) is 0 Å². The Morgan fingerprint density at radius 3 is 2.31 bits per heavy atom. The van der Waals surface area contributed by atoms with Gasteiger partial charge in [0.05, 0.1) is 6.42 Å². The lowest BCUT2D eigenvalue weighted by atomic mass is 9.99. The number of anilines is 1. The second-order valence-electron chi connectivity index (χ2n) is 12.1. The fraction of sp³-hybridized carbons (Fsp3) is 0.389. The molecule has 3 aromatic rings. The van der Waals surface area contributed by atoms with Gasteiger partial charge in [-0.25, -0.2) is 4.79 Å². The number of carbonyl (C=O) groups excluding carboxylic acids is 4. The molecule has 0 aliphatic rings. The van der Waals surface area contributed by atoms with Crippen molar-refractivity contribution in [3.63, 3.8) is 0 Å². The summed E-state index contributed by atoms with van der Waals surface area (Å²) >= 11 is 0. The molecule has 0 aromatic heterocycles. The normalized spacial score (nSPS) is 12.5. The van der Waals surface area contributed by atoms with Crippen LogP contribution in [-0.2, 0) is 19.1 Å². The molecule has 0 saturated carbocycles. The van der Waals surface area contributed by atoms with Gasteiger partial charge in [0.2, 0.25) is 11.8 Å². The SMILES string of the molecule is C=Cc1cccc(C(C(=O)Nc2ccc3ccccc3c2)N(CCCCCCC)C(=O)C(CC(N)=O)NC(=O)OC(C)(C)C)c1. The Kier molecular flexibility index (Phi) is 12.7. The highest BCUT2D eigenvalue weighted by atomic mass is 16.6. The van der Waals surface area contributed by atoms with Gasteiger partial charge in [0.15, 0.2) is 0 Å². The van der Waals surface area contributed by atoms with Gasteiger partial charge in [-0.2, -0.15) is 0 Å². The van der Waals surface area contributed by atoms with Crippen LogP contribution >= 0.6 is 0 Å². The minimum Gasteiger partial charge on any atom is -0.444 e. The van der Waals surface area contributed by atoms with Crippen molar-refractivity contribution in [1.29, 1.82) is 0 Å². The van der Waals surface area contributed by atoms with Gasteiger partial charge in [-0.05, 0) is 67.3 Å². The quantitative estimate of drug-likeness (QED) is 0.163. The molecule has 0 fully saturated rings. The monoisotopic (exact) mass is 614 g/mol. The molecule has 4 amide bonds. The largest absolute Gasteiger partial charge is 0.444 e. The molecule has 0 heterocycles. The summed E-state index contributed by atoms with van der Waals surface area (Å²) in [4.78, 5) is 54.9. The molecule has 0 aliphatic carbocycles. The van der Waals surface area contributed by atoms with Crippen molar-refractivity contribution in [2.24, 2.45) is 5.73 Å². The van der Waals surface area contributed by atoms with Gasteiger partial charge in [-0.1, -0.05) is 93.8 Å². The highest BCUT2D eigenvalue weighted by Crippen LogP contribution is 2.28. The van der Waals surface area contributed by atoms with Crippen molar-refractivity contribution in [3.8, 4) is 0 Å². The number of hydrogen-bond acceptors (Lipinski definition) is 5. The zero-order chi connectivity index (χ0) is 33.0. The zero-order valence-corrected chi connectivity index (χ0v) is 26.8. The van der Waals surface area contributed by atoms with Gasteiger partial charge in [-0.3, -0.25) is 14.4 Å². The summed E-state index contributed by atoms with van der Waals surface area (Å²) in [5, 5.41) is 7.51. The van der Waals surface area contributed by atoms with E-state index in [0.717, 1.165) is 42.0 Å². The van der Waals surface area contributed by atoms with Crippen LogP contribution in [0.4, 0.5) is 10.5 Å². The first-order chi connectivity index (χ1) is 21.4. The van der Waals surface area contributed by atoms with Crippen molar-refractivity contribution < 1.29 is 23.9 Å². The minimum atomic E-state index is -1.34. The van der Waals surface area contributed by atoms with Crippen LogP contribution in [0.15, 0.2) is 73.3 Å². The molecule has 0 bridgehead atoms. The predicted octanol–water partition coefficient (Wildman–Crippen LogP) is 6.73. The van der Waals surface area contributed by atoms with E-state index in [-0.39, 0.29) is 6.54 Å². The van der Waals surface area contributed by atoms with Crippen LogP contribution in [0.3, 0.4) is 0 Å². The third-order valence-electron chi connectivity index (χ3n) is 7.22. The Labute approximate surface area is 266 Å². The number of nitrogens with two attached hydrogens (primary N) is 1. The third kappa shape index (κ3) is 10.8. The summed E-state index contributed by atoms with van der Waals surface area (Å²) in [6, 6.07) is 18.2. The molecule has 45 heavy (non-hydrogen) atoms. The molecule has 0 spiro atoms. The number of alkyl carbamates (subject to hydrolysis) is 1. The maximum Gasteiger partial charge on any atom is 0.408 e. The van der Waals surface area contributed by atoms with E-state index in [2.05, 4.69) is 24.1 Å². The number of hydrogen-bond donors (Lipinski definition) is 3. The van der Waals surface area contributed by atoms with Gasteiger partial charge >= 0.3 is 6.09 Å². The lowest BCUT2D eigenvalue weighted by Gasteiger charge is -2.34. The standard InChI is InChI=1S/C36H46N4O5/c1-6-8-9-10-13-21-40(34(43)30(24-31(37)41)39-35(44)45-36(3,4)5)32(28-18-14-15-25(7-2)22-28)33(42)38-29-20-19-26-16-11-12-17-27(26)23-29/h7,11-12,14-20,22-23,30,32H,2,6,8-10,13,21,24H2,1,3-5H3,(H2,37,41)(H,38,42)(H,39,44). The van der Waals surface area contributed by atoms with Gasteiger partial charge < -0.3 is 26.0 Å². The van der Waals surface area contributed by atoms with Crippen molar-refractivity contribution in [2.45, 2.75) is 83.9 Å². The van der Waals surface area contributed by atoms with Crippen molar-refractivity contribution in [3.05, 3.63) is 84.4 Å². The molecular weight excluding hydrogens is 568 g/mol. The molecule has 0 radical (unpaired) electrons. The number of nitrogens with zero attached hydrogens (tertiary/aromatic N) is 1. The molecule has 9 nitrogen and oxygen atoms in total. The summed E-state index contributed by atoms with van der Waals surface area (Å²) in [5.74, 6) is -1.83. The van der Waals surface area contributed by atoms with Crippen LogP contribution < -0.4 is 16.4 Å². The van der Waals surface area contributed by atoms with E-state index in [1.54, 1.807) is 45.0 Å². The van der Waals surface area contributed by atoms with E-state index in [9.17, 15) is 19.2 Å². The summed E-state index contributed by atoms with van der Waals surface area (Å²) < 4.78 is 5.38. The number of rotatable bonds is 15. The first-order valence-electron chi connectivity index (χ1n) is 15.5. The lowest BCUT2D eigenvalue weighted by molar-refractivity contribution is -0.142. The first kappa shape index (κ1) is 34.8. The Bertz CT molecular complexity index is 1500. The van der Waals surface area contributed by atoms with Crippen LogP contribution in [0.25, 0.3) is 16.8 Å². The van der Waals surface area contributed by atoms with E-state index >= 15 is 0 Å². The number of amides is 4. The van der Waals surface area contributed by atoms with E-state index in [0.29, 0.717) is 17.7 Å². The zero-order valence-electron chi connectivity index (χ0n) is 26.8. The summed E-state index contributed by atoms with van der Waals surface area (Å²) in [5.41, 5.74) is 6.59. The predicted molar refractivity (Wildman–Crippen MR) is 179 cm³/mol. The number of benzene rings is 3. The fourth-order valence-electron chi connectivity index (χ4n) is 5.11. The highest BCUT2D eigenvalue weighted by molar-refractivity contribution is 6.01. The average Bonchev–Trinajstić information content (AvgIpc) is 2.98. The van der Waals surface area contributed by atoms with E-state index in [1.807, 2.05) is 48.5 Å². The van der Waals surface area contributed by atoms with E-state index in [1.165, 1.54) is 4.90 Å². The number of carbonyl (C=O) groups is 4. The van der Waals surface area contributed by atoms with Crippen molar-refractivity contribution in [2.75, 3.05) is 11.9 Å². The van der Waals surface area contributed by atoms with Crippen molar-refractivity contribution in [1.82, 2.24) is 10.2 Å². The molecule has 4 N–H and O–H groups in total. The maximum absolute atomic E-state index is 14.3. The van der Waals surface area contributed by atoms with Crippen LogP contribution in [-0.4, -0.2) is 46.9 Å². The van der Waals surface area contributed by atoms with Gasteiger partial charge in [0, 0.05) is 12.2 Å². The Hall–Kier alpha value is -4.66. The lowest BCUT2D eigenvalue weighted by Crippen LogP contribution is -2.53. The number of nitrogens with one attached hydrogen (secondary N) is 2. The van der Waals surface area contributed by atoms with Gasteiger partial charge in [0.1, 0.15) is 17.7 Å². The third-order valence-corrected chi connectivity index (χ3v) is 7.22. The Morgan fingerprint density at radius 2 is 1.64 bits per heavy atom. The minimum absolute atomic E-state index is 0.210. The number of ether oxygens (including phenoxy) is 1. The molecule has 9 heteroatoms. The van der Waals surface area contributed by atoms with E-state index < -0.39 is 47.9 Å². The van der Waals surface area contributed by atoms with Crippen LogP contribution in [0.5, 0.6) is 0 Å². The molecule has 0 aliphatic heterocycles. The molecule has 2 unspecified atom stereocenters. The summed E-state index contributed by atoms with van der Waals surface area (Å²) in [6.45, 7) is 11.3. The molecular formula is C36H46N4O5. The second-order valence-corrected chi connectivity index (χ2v) is 12.1. The van der Waals surface area contributed by atoms with Crippen LogP contribution in [0, 0.1) is 0 Å². The summed E-state index contributed by atoms with van der Waals surface area (Å²) in [6.07, 6.45) is 4.86. The fourth-order valence-corrected chi connectivity index (χ4v) is 5.11. The summed E-state index contributed by atoms with van der Waals surface area (Å²) in [7, 11) is 0. The first-order valence-corrected chi connectivity index (χ1v) is 15.5. The van der Waals surface area contributed by atoms with E-state index in [4.69, 9.17) is 10.5 Å². The maximum atomic E-state index is 14.3.